The van der Waals surface area contributed by atoms with Crippen molar-refractivity contribution in [3.05, 3.63) is 75.6 Å². The summed E-state index contributed by atoms with van der Waals surface area (Å²) in [5, 5.41) is 11.0. The molecule has 2 aromatic carbocycles. The zero-order valence-electron chi connectivity index (χ0n) is 14.5. The molecule has 0 fully saturated rings. The fourth-order valence-electron chi connectivity index (χ4n) is 2.78. The second-order valence-electron chi connectivity index (χ2n) is 6.04. The molecule has 0 bridgehead atoms. The third kappa shape index (κ3) is 3.61. The van der Waals surface area contributed by atoms with E-state index < -0.39 is 11.6 Å². The molecule has 0 radical (unpaired) electrons. The number of rotatable bonds is 6. The fourth-order valence-corrected chi connectivity index (χ4v) is 2.78. The van der Waals surface area contributed by atoms with E-state index in [-0.39, 0.29) is 17.7 Å². The van der Waals surface area contributed by atoms with Crippen LogP contribution in [0.5, 0.6) is 5.75 Å². The number of esters is 1. The lowest BCUT2D eigenvalue weighted by molar-refractivity contribution is 0.0498. The van der Waals surface area contributed by atoms with E-state index in [9.17, 15) is 14.7 Å². The fraction of sp³-hybridized carbons (Fsp3) is 0.238. The van der Waals surface area contributed by atoms with Crippen LogP contribution in [0.3, 0.4) is 0 Å². The molecule has 0 aliphatic carbocycles. The standard InChI is InChI=1S/C21H20O5/c1-2-3-12-25-20(23)15-9-5-4-8-14(15)13-17-19(22)16-10-6-7-11-18(16)26-21(17)24/h4-11,22H,2-3,12-13H2,1H3. The Kier molecular flexibility index (Phi) is 5.37. The highest BCUT2D eigenvalue weighted by atomic mass is 16.5. The van der Waals surface area contributed by atoms with E-state index in [1.165, 1.54) is 0 Å². The molecule has 26 heavy (non-hydrogen) atoms. The third-order valence-electron chi connectivity index (χ3n) is 4.21. The Morgan fingerprint density at radius 2 is 1.85 bits per heavy atom. The van der Waals surface area contributed by atoms with Crippen LogP contribution in [-0.4, -0.2) is 17.7 Å². The normalized spacial score (nSPS) is 10.8. The molecular formula is C21H20O5. The van der Waals surface area contributed by atoms with Crippen LogP contribution >= 0.6 is 0 Å². The summed E-state index contributed by atoms with van der Waals surface area (Å²) in [6.07, 6.45) is 1.81. The van der Waals surface area contributed by atoms with Gasteiger partial charge in [-0.05, 0) is 30.2 Å². The second-order valence-corrected chi connectivity index (χ2v) is 6.04. The molecular weight excluding hydrogens is 332 g/mol. The first-order valence-corrected chi connectivity index (χ1v) is 8.60. The van der Waals surface area contributed by atoms with Gasteiger partial charge in [-0.1, -0.05) is 43.7 Å². The van der Waals surface area contributed by atoms with Gasteiger partial charge in [0.15, 0.2) is 0 Å². The van der Waals surface area contributed by atoms with Gasteiger partial charge in [0.2, 0.25) is 0 Å². The lowest BCUT2D eigenvalue weighted by atomic mass is 9.99. The Morgan fingerprint density at radius 3 is 2.65 bits per heavy atom. The number of carbonyl (C=O) groups excluding carboxylic acids is 1. The molecule has 1 heterocycles. The molecule has 0 atom stereocenters. The molecule has 0 aliphatic rings. The van der Waals surface area contributed by atoms with Gasteiger partial charge in [0.1, 0.15) is 11.3 Å². The van der Waals surface area contributed by atoms with Gasteiger partial charge in [-0.15, -0.1) is 0 Å². The second kappa shape index (κ2) is 7.87. The summed E-state index contributed by atoms with van der Waals surface area (Å²) in [7, 11) is 0. The largest absolute Gasteiger partial charge is 0.507 e. The Bertz CT molecular complexity index is 987. The van der Waals surface area contributed by atoms with Crippen molar-refractivity contribution in [1.29, 1.82) is 0 Å². The molecule has 5 nitrogen and oxygen atoms in total. The first-order valence-electron chi connectivity index (χ1n) is 8.60. The maximum absolute atomic E-state index is 12.3. The van der Waals surface area contributed by atoms with Crippen molar-refractivity contribution in [2.75, 3.05) is 6.61 Å². The minimum Gasteiger partial charge on any atom is -0.507 e. The number of fused-ring (bicyclic) bond motifs is 1. The molecule has 0 spiro atoms. The van der Waals surface area contributed by atoms with Gasteiger partial charge in [0.05, 0.1) is 23.1 Å². The van der Waals surface area contributed by atoms with Gasteiger partial charge in [0.25, 0.3) is 0 Å². The van der Waals surface area contributed by atoms with E-state index in [2.05, 4.69) is 0 Å². The zero-order chi connectivity index (χ0) is 18.5. The number of benzene rings is 2. The van der Waals surface area contributed by atoms with Gasteiger partial charge in [-0.2, -0.15) is 0 Å². The predicted molar refractivity (Wildman–Crippen MR) is 98.6 cm³/mol. The zero-order valence-corrected chi connectivity index (χ0v) is 14.5. The molecule has 3 aromatic rings. The lowest BCUT2D eigenvalue weighted by Gasteiger charge is -2.10. The van der Waals surface area contributed by atoms with Crippen LogP contribution in [0.1, 0.15) is 41.3 Å². The predicted octanol–water partition coefficient (Wildman–Crippen LogP) is 4.05. The highest BCUT2D eigenvalue weighted by molar-refractivity contribution is 5.91. The number of carbonyl (C=O) groups is 1. The highest BCUT2D eigenvalue weighted by Crippen LogP contribution is 2.28. The first-order chi connectivity index (χ1) is 12.6. The van der Waals surface area contributed by atoms with Crippen molar-refractivity contribution in [1.82, 2.24) is 0 Å². The van der Waals surface area contributed by atoms with E-state index >= 15 is 0 Å². The maximum Gasteiger partial charge on any atom is 0.343 e. The van der Waals surface area contributed by atoms with Crippen molar-refractivity contribution >= 4 is 16.9 Å². The summed E-state index contributed by atoms with van der Waals surface area (Å²) in [4.78, 5) is 24.6. The van der Waals surface area contributed by atoms with E-state index in [0.29, 0.717) is 28.7 Å². The van der Waals surface area contributed by atoms with Crippen LogP contribution in [0.2, 0.25) is 0 Å². The smallest absolute Gasteiger partial charge is 0.343 e. The van der Waals surface area contributed by atoms with E-state index in [4.69, 9.17) is 9.15 Å². The molecule has 1 N–H and O–H groups in total. The number of hydrogen-bond acceptors (Lipinski definition) is 5. The monoisotopic (exact) mass is 352 g/mol. The number of para-hydroxylation sites is 1. The van der Waals surface area contributed by atoms with Gasteiger partial charge < -0.3 is 14.3 Å². The van der Waals surface area contributed by atoms with Crippen molar-refractivity contribution in [2.45, 2.75) is 26.2 Å². The highest BCUT2D eigenvalue weighted by Gasteiger charge is 2.18. The maximum atomic E-state index is 12.3. The number of aromatic hydroxyl groups is 1. The molecule has 1 aromatic heterocycles. The average Bonchev–Trinajstić information content (AvgIpc) is 2.65. The molecule has 134 valence electrons. The van der Waals surface area contributed by atoms with Crippen LogP contribution in [-0.2, 0) is 11.2 Å². The molecule has 0 amide bonds. The van der Waals surface area contributed by atoms with E-state index in [1.807, 2.05) is 6.92 Å². The van der Waals surface area contributed by atoms with Gasteiger partial charge in [-0.25, -0.2) is 9.59 Å². The van der Waals surface area contributed by atoms with Crippen molar-refractivity contribution < 1.29 is 19.1 Å². The van der Waals surface area contributed by atoms with Gasteiger partial charge in [-0.3, -0.25) is 0 Å². The molecule has 0 aliphatic heterocycles. The van der Waals surface area contributed by atoms with Crippen LogP contribution < -0.4 is 5.63 Å². The molecule has 5 heteroatoms. The summed E-state index contributed by atoms with van der Waals surface area (Å²) >= 11 is 0. The van der Waals surface area contributed by atoms with Crippen molar-refractivity contribution in [2.24, 2.45) is 0 Å². The van der Waals surface area contributed by atoms with Gasteiger partial charge in [0, 0.05) is 6.42 Å². The Hall–Kier alpha value is -3.08. The summed E-state index contributed by atoms with van der Waals surface area (Å²) in [5.74, 6) is -0.551. The summed E-state index contributed by atoms with van der Waals surface area (Å²) in [6.45, 7) is 2.37. The van der Waals surface area contributed by atoms with Gasteiger partial charge >= 0.3 is 11.6 Å². The minimum atomic E-state index is -0.615. The Morgan fingerprint density at radius 1 is 1.12 bits per heavy atom. The van der Waals surface area contributed by atoms with Crippen molar-refractivity contribution in [3.63, 3.8) is 0 Å². The first kappa shape index (κ1) is 17.7. The molecule has 0 saturated carbocycles. The van der Waals surface area contributed by atoms with Crippen molar-refractivity contribution in [3.8, 4) is 5.75 Å². The Labute approximate surface area is 150 Å². The molecule has 0 saturated heterocycles. The SMILES string of the molecule is CCCCOC(=O)c1ccccc1Cc1c(O)c2ccccc2oc1=O. The van der Waals surface area contributed by atoms with Crippen LogP contribution in [0.4, 0.5) is 0 Å². The van der Waals surface area contributed by atoms with E-state index in [1.54, 1.807) is 48.5 Å². The number of unbranched alkanes of at least 4 members (excludes halogenated alkanes) is 1. The Balaban J connectivity index is 1.96. The average molecular weight is 352 g/mol. The van der Waals surface area contributed by atoms with Crippen LogP contribution in [0, 0.1) is 0 Å². The quantitative estimate of drug-likeness (QED) is 0.411. The number of ether oxygens (including phenoxy) is 1. The lowest BCUT2D eigenvalue weighted by Crippen LogP contribution is -2.13. The van der Waals surface area contributed by atoms with E-state index in [0.717, 1.165) is 12.8 Å². The minimum absolute atomic E-state index is 0.0814. The summed E-state index contributed by atoms with van der Waals surface area (Å²) < 4.78 is 10.6. The summed E-state index contributed by atoms with van der Waals surface area (Å²) in [6, 6.07) is 13.7. The molecule has 3 rings (SSSR count). The molecule has 0 unspecified atom stereocenters. The third-order valence-corrected chi connectivity index (χ3v) is 4.21. The van der Waals surface area contributed by atoms with Crippen LogP contribution in [0.25, 0.3) is 11.0 Å². The topological polar surface area (TPSA) is 76.7 Å². The van der Waals surface area contributed by atoms with Crippen LogP contribution in [0.15, 0.2) is 57.7 Å². The number of hydrogen-bond donors (Lipinski definition) is 1. The summed E-state index contributed by atoms with van der Waals surface area (Å²) in [5.41, 5.74) is 0.821.